The van der Waals surface area contributed by atoms with E-state index in [-0.39, 0.29) is 11.0 Å². The molecule has 1 aliphatic heterocycles. The lowest BCUT2D eigenvalue weighted by molar-refractivity contribution is 0.381. The topological polar surface area (TPSA) is 29.3 Å². The molecule has 2 nitrogen and oxygen atoms in total. The highest BCUT2D eigenvalue weighted by molar-refractivity contribution is 5.62. The highest BCUT2D eigenvalue weighted by Crippen LogP contribution is 2.45. The Hall–Kier alpha value is -1.96. The van der Waals surface area contributed by atoms with Crippen LogP contribution in [0.5, 0.6) is 0 Å². The van der Waals surface area contributed by atoms with E-state index in [0.29, 0.717) is 5.92 Å². The molecular weight excluding hydrogens is 304 g/mol. The largest absolute Gasteiger partial charge is 0.399 e. The van der Waals surface area contributed by atoms with Gasteiger partial charge in [0.15, 0.2) is 0 Å². The fraction of sp³-hybridized carbons (Fsp3) is 0.478. The molecule has 0 aromatic heterocycles. The quantitative estimate of drug-likeness (QED) is 0.728. The summed E-state index contributed by atoms with van der Waals surface area (Å²) in [6.45, 7) is 15.0. The second kappa shape index (κ2) is 6.09. The van der Waals surface area contributed by atoms with Crippen LogP contribution in [0.1, 0.15) is 70.6 Å². The molecule has 1 aliphatic rings. The van der Waals surface area contributed by atoms with Crippen LogP contribution in [0.4, 0.5) is 11.4 Å². The maximum absolute atomic E-state index is 6.03. The first kappa shape index (κ1) is 17.8. The maximum Gasteiger partial charge on any atom is 0.0408 e. The number of hydrogen-bond acceptors (Lipinski definition) is 2. The van der Waals surface area contributed by atoms with Crippen LogP contribution in [-0.4, -0.2) is 12.1 Å². The highest BCUT2D eigenvalue weighted by atomic mass is 15.2. The first-order valence-electron chi connectivity index (χ1n) is 9.45. The fourth-order valence-electron chi connectivity index (χ4n) is 4.57. The van der Waals surface area contributed by atoms with Crippen LogP contribution in [0.3, 0.4) is 0 Å². The van der Waals surface area contributed by atoms with E-state index in [1.807, 2.05) is 12.1 Å². The third-order valence-electron chi connectivity index (χ3n) is 6.03. The zero-order valence-corrected chi connectivity index (χ0v) is 16.6. The molecule has 0 amide bonds. The second-order valence-corrected chi connectivity index (χ2v) is 8.69. The van der Waals surface area contributed by atoms with Crippen molar-refractivity contribution in [3.63, 3.8) is 0 Å². The molecule has 0 bridgehead atoms. The molecule has 2 heteroatoms. The summed E-state index contributed by atoms with van der Waals surface area (Å²) in [5, 5.41) is 0. The van der Waals surface area contributed by atoms with Gasteiger partial charge in [0.1, 0.15) is 0 Å². The Balaban J connectivity index is 2.11. The molecule has 2 N–H and O–H groups in total. The number of nitrogens with zero attached hydrogens (tertiary/aromatic N) is 1. The molecule has 3 rings (SSSR count). The van der Waals surface area contributed by atoms with Gasteiger partial charge in [0.2, 0.25) is 0 Å². The minimum atomic E-state index is -0.0748. The van der Waals surface area contributed by atoms with Gasteiger partial charge in [-0.05, 0) is 68.0 Å². The van der Waals surface area contributed by atoms with Gasteiger partial charge in [0.05, 0.1) is 0 Å². The summed E-state index contributed by atoms with van der Waals surface area (Å²) < 4.78 is 0. The number of hydrogen-bond donors (Lipinski definition) is 1. The third kappa shape index (κ3) is 3.03. The van der Waals surface area contributed by atoms with Crippen molar-refractivity contribution < 1.29 is 0 Å². The summed E-state index contributed by atoms with van der Waals surface area (Å²) in [5.74, 6) is 0.595. The second-order valence-electron chi connectivity index (χ2n) is 8.69. The van der Waals surface area contributed by atoms with Crippen molar-refractivity contribution in [3.05, 3.63) is 59.2 Å². The van der Waals surface area contributed by atoms with Gasteiger partial charge in [-0.15, -0.1) is 0 Å². The SMILES string of the molecule is CCN1c2cc(C(C)(C)c3cccc(N)c3)ccc2C(C)CC1(C)C. The average molecular weight is 337 g/mol. The normalized spacial score (nSPS) is 19.6. The standard InChI is InChI=1S/C23H32N2/c1-7-25-21-14-18(11-12-20(21)16(2)15-22(25,3)4)23(5,6)17-9-8-10-19(24)13-17/h8-14,16H,7,15,24H2,1-6H3. The summed E-state index contributed by atoms with van der Waals surface area (Å²) in [6.07, 6.45) is 1.20. The number of rotatable bonds is 3. The molecule has 2 aromatic carbocycles. The van der Waals surface area contributed by atoms with E-state index in [0.717, 1.165) is 12.2 Å². The Kier molecular flexibility index (Phi) is 4.35. The minimum Gasteiger partial charge on any atom is -0.399 e. The lowest BCUT2D eigenvalue weighted by Crippen LogP contribution is -2.48. The number of benzene rings is 2. The number of nitrogen functional groups attached to an aromatic ring is 1. The van der Waals surface area contributed by atoms with E-state index in [4.69, 9.17) is 5.73 Å². The predicted molar refractivity (Wildman–Crippen MR) is 110 cm³/mol. The fourth-order valence-corrected chi connectivity index (χ4v) is 4.57. The monoisotopic (exact) mass is 336 g/mol. The van der Waals surface area contributed by atoms with Crippen LogP contribution in [0.15, 0.2) is 42.5 Å². The van der Waals surface area contributed by atoms with Crippen molar-refractivity contribution in [2.75, 3.05) is 17.2 Å². The highest BCUT2D eigenvalue weighted by Gasteiger charge is 2.36. The Labute approximate surface area is 153 Å². The van der Waals surface area contributed by atoms with Crippen LogP contribution >= 0.6 is 0 Å². The van der Waals surface area contributed by atoms with E-state index >= 15 is 0 Å². The summed E-state index contributed by atoms with van der Waals surface area (Å²) in [6, 6.07) is 15.4. The minimum absolute atomic E-state index is 0.0748. The summed E-state index contributed by atoms with van der Waals surface area (Å²) >= 11 is 0. The Morgan fingerprint density at radius 3 is 2.44 bits per heavy atom. The van der Waals surface area contributed by atoms with Gasteiger partial charge in [0, 0.05) is 28.9 Å². The first-order valence-corrected chi connectivity index (χ1v) is 9.45. The van der Waals surface area contributed by atoms with Gasteiger partial charge < -0.3 is 10.6 Å². The number of fused-ring (bicyclic) bond motifs is 1. The molecule has 0 saturated heterocycles. The predicted octanol–water partition coefficient (Wildman–Crippen LogP) is 5.71. The summed E-state index contributed by atoms with van der Waals surface area (Å²) in [7, 11) is 0. The molecule has 2 aromatic rings. The zero-order valence-electron chi connectivity index (χ0n) is 16.6. The smallest absolute Gasteiger partial charge is 0.0408 e. The van der Waals surface area contributed by atoms with Gasteiger partial charge >= 0.3 is 0 Å². The Bertz CT molecular complexity index is 773. The third-order valence-corrected chi connectivity index (χ3v) is 6.03. The molecule has 0 aliphatic carbocycles. The van der Waals surface area contributed by atoms with Gasteiger partial charge in [0.25, 0.3) is 0 Å². The molecule has 1 heterocycles. The Morgan fingerprint density at radius 2 is 1.80 bits per heavy atom. The summed E-state index contributed by atoms with van der Waals surface area (Å²) in [4.78, 5) is 2.57. The number of anilines is 2. The van der Waals surface area contributed by atoms with Crippen LogP contribution in [0, 0.1) is 0 Å². The molecular formula is C23H32N2. The summed E-state index contributed by atoms with van der Waals surface area (Å²) in [5.41, 5.74) is 12.5. The van der Waals surface area contributed by atoms with E-state index < -0.39 is 0 Å². The molecule has 0 spiro atoms. The van der Waals surface area contributed by atoms with Crippen LogP contribution < -0.4 is 10.6 Å². The van der Waals surface area contributed by atoms with Gasteiger partial charge in [-0.3, -0.25) is 0 Å². The van der Waals surface area contributed by atoms with E-state index in [1.54, 1.807) is 0 Å². The lowest BCUT2D eigenvalue weighted by atomic mass is 9.74. The molecule has 1 atom stereocenters. The van der Waals surface area contributed by atoms with Crippen molar-refractivity contribution in [2.24, 2.45) is 0 Å². The van der Waals surface area contributed by atoms with Crippen LogP contribution in [-0.2, 0) is 5.41 Å². The molecule has 0 fully saturated rings. The molecule has 1 unspecified atom stereocenters. The maximum atomic E-state index is 6.03. The van der Waals surface area contributed by atoms with Crippen molar-refractivity contribution >= 4 is 11.4 Å². The molecule has 0 saturated carbocycles. The van der Waals surface area contributed by atoms with Gasteiger partial charge in [-0.25, -0.2) is 0 Å². The molecule has 134 valence electrons. The van der Waals surface area contributed by atoms with Crippen molar-refractivity contribution in [1.82, 2.24) is 0 Å². The zero-order chi connectivity index (χ0) is 18.4. The number of nitrogens with two attached hydrogens (primary N) is 1. The molecule has 25 heavy (non-hydrogen) atoms. The van der Waals surface area contributed by atoms with Crippen molar-refractivity contribution in [1.29, 1.82) is 0 Å². The van der Waals surface area contributed by atoms with Gasteiger partial charge in [-0.1, -0.05) is 45.0 Å². The van der Waals surface area contributed by atoms with Crippen molar-refractivity contribution in [3.8, 4) is 0 Å². The Morgan fingerprint density at radius 1 is 1.12 bits per heavy atom. The lowest BCUT2D eigenvalue weighted by Gasteiger charge is -2.47. The van der Waals surface area contributed by atoms with Crippen molar-refractivity contribution in [2.45, 2.75) is 64.8 Å². The molecule has 0 radical (unpaired) electrons. The van der Waals surface area contributed by atoms with E-state index in [1.165, 1.54) is 28.8 Å². The first-order chi connectivity index (χ1) is 11.7. The van der Waals surface area contributed by atoms with Crippen LogP contribution in [0.2, 0.25) is 0 Å². The average Bonchev–Trinajstić information content (AvgIpc) is 2.54. The van der Waals surface area contributed by atoms with E-state index in [2.05, 4.69) is 76.8 Å². The van der Waals surface area contributed by atoms with Crippen LogP contribution in [0.25, 0.3) is 0 Å². The van der Waals surface area contributed by atoms with E-state index in [9.17, 15) is 0 Å². The van der Waals surface area contributed by atoms with Gasteiger partial charge in [-0.2, -0.15) is 0 Å².